The van der Waals surface area contributed by atoms with Crippen LogP contribution in [0.3, 0.4) is 0 Å². The molecule has 0 aliphatic heterocycles. The number of hydrogen-bond donors (Lipinski definition) is 2. The van der Waals surface area contributed by atoms with E-state index >= 15 is 0 Å². The van der Waals surface area contributed by atoms with E-state index in [1.54, 1.807) is 13.8 Å². The van der Waals surface area contributed by atoms with Crippen molar-refractivity contribution in [2.45, 2.75) is 143 Å². The Labute approximate surface area is 361 Å². The smallest absolute Gasteiger partial charge is 0.333 e. The molecule has 0 bridgehead atoms. The van der Waals surface area contributed by atoms with Crippen molar-refractivity contribution in [3.63, 3.8) is 0 Å². The molecule has 60 heavy (non-hydrogen) atoms. The molecule has 1 fully saturated rings. The zero-order chi connectivity index (χ0) is 43.5. The molecular formula is C53H74O7. The molecule has 0 radical (unpaired) electrons. The van der Waals surface area contributed by atoms with E-state index in [0.717, 1.165) is 46.8 Å². The maximum absolute atomic E-state index is 12.2. The third-order valence-corrected chi connectivity index (χ3v) is 12.5. The summed E-state index contributed by atoms with van der Waals surface area (Å²) >= 11 is 0. The number of rotatable bonds is 26. The van der Waals surface area contributed by atoms with Gasteiger partial charge in [-0.05, 0) is 153 Å². The van der Waals surface area contributed by atoms with Crippen LogP contribution in [0.1, 0.15) is 146 Å². The van der Waals surface area contributed by atoms with E-state index in [9.17, 15) is 19.8 Å². The second-order valence-electron chi connectivity index (χ2n) is 17.4. The number of esters is 2. The van der Waals surface area contributed by atoms with Gasteiger partial charge in [-0.1, -0.05) is 108 Å². The molecule has 7 nitrogen and oxygen atoms in total. The van der Waals surface area contributed by atoms with E-state index in [-0.39, 0.29) is 26.4 Å². The fourth-order valence-corrected chi connectivity index (χ4v) is 8.72. The first-order valence-electron chi connectivity index (χ1n) is 22.9. The van der Waals surface area contributed by atoms with Gasteiger partial charge < -0.3 is 24.4 Å². The first-order chi connectivity index (χ1) is 29.0. The monoisotopic (exact) mass is 823 g/mol. The van der Waals surface area contributed by atoms with Gasteiger partial charge in [0.1, 0.15) is 5.75 Å². The van der Waals surface area contributed by atoms with Crippen LogP contribution < -0.4 is 4.74 Å². The van der Waals surface area contributed by atoms with Crippen LogP contribution in [-0.2, 0) is 38.3 Å². The largest absolute Gasteiger partial charge is 0.493 e. The van der Waals surface area contributed by atoms with Gasteiger partial charge in [-0.2, -0.15) is 0 Å². The first-order valence-corrected chi connectivity index (χ1v) is 22.9. The van der Waals surface area contributed by atoms with E-state index in [1.807, 2.05) is 6.92 Å². The summed E-state index contributed by atoms with van der Waals surface area (Å²) in [7, 11) is 0. The maximum Gasteiger partial charge on any atom is 0.333 e. The van der Waals surface area contributed by atoms with E-state index in [4.69, 9.17) is 14.2 Å². The number of aliphatic hydroxyl groups excluding tert-OH is 2. The summed E-state index contributed by atoms with van der Waals surface area (Å²) in [6, 6.07) is 20.5. The van der Waals surface area contributed by atoms with Crippen LogP contribution >= 0.6 is 0 Å². The molecule has 7 heteroatoms. The van der Waals surface area contributed by atoms with Gasteiger partial charge in [0.15, 0.2) is 0 Å². The van der Waals surface area contributed by atoms with Crippen LogP contribution in [-0.4, -0.2) is 55.2 Å². The van der Waals surface area contributed by atoms with Gasteiger partial charge in [0, 0.05) is 16.6 Å². The zero-order valence-corrected chi connectivity index (χ0v) is 37.5. The zero-order valence-electron chi connectivity index (χ0n) is 37.5. The highest BCUT2D eigenvalue weighted by atomic mass is 16.5. The lowest BCUT2D eigenvalue weighted by Gasteiger charge is -2.30. The van der Waals surface area contributed by atoms with Gasteiger partial charge in [0.05, 0.1) is 33.0 Å². The molecule has 0 spiro atoms. The molecule has 1 saturated carbocycles. The maximum atomic E-state index is 12.2. The summed E-state index contributed by atoms with van der Waals surface area (Å²) in [5, 5.41) is 20.5. The number of unbranched alkanes of at least 4 members (excludes halogenated alkanes) is 2. The Kier molecular flexibility index (Phi) is 20.1. The summed E-state index contributed by atoms with van der Waals surface area (Å²) < 4.78 is 17.6. The number of aryl methyl sites for hydroxylation is 3. The second kappa shape index (κ2) is 24.9. The van der Waals surface area contributed by atoms with Crippen molar-refractivity contribution in [3.8, 4) is 28.0 Å². The Morgan fingerprint density at radius 3 is 1.75 bits per heavy atom. The summed E-state index contributed by atoms with van der Waals surface area (Å²) in [6.45, 7) is 17.8. The molecule has 4 rings (SSSR count). The van der Waals surface area contributed by atoms with Crippen LogP contribution in [0.4, 0.5) is 0 Å². The number of carbonyl (C=O) groups is 2. The number of aliphatic hydroxyl groups is 2. The van der Waals surface area contributed by atoms with Gasteiger partial charge in [0.2, 0.25) is 0 Å². The fraction of sp³-hybridized carbons (Fsp3) is 0.547. The highest BCUT2D eigenvalue weighted by Crippen LogP contribution is 2.40. The predicted octanol–water partition coefficient (Wildman–Crippen LogP) is 12.1. The van der Waals surface area contributed by atoms with Crippen LogP contribution in [0, 0.1) is 11.3 Å². The molecule has 3 aromatic rings. The van der Waals surface area contributed by atoms with Crippen LogP contribution in [0.2, 0.25) is 0 Å². The van der Waals surface area contributed by atoms with Crippen molar-refractivity contribution in [3.05, 3.63) is 101 Å². The Bertz CT molecular complexity index is 1770. The third kappa shape index (κ3) is 14.2. The fourth-order valence-electron chi connectivity index (χ4n) is 8.72. The van der Waals surface area contributed by atoms with E-state index < -0.39 is 17.4 Å². The Hall–Kier alpha value is -4.20. The van der Waals surface area contributed by atoms with Gasteiger partial charge in [-0.3, -0.25) is 0 Å². The van der Waals surface area contributed by atoms with Crippen LogP contribution in [0.15, 0.2) is 78.9 Å². The molecule has 328 valence electrons. The van der Waals surface area contributed by atoms with Crippen molar-refractivity contribution in [1.29, 1.82) is 0 Å². The molecule has 0 unspecified atom stereocenters. The van der Waals surface area contributed by atoms with Crippen LogP contribution in [0.5, 0.6) is 5.75 Å². The standard InChI is InChI=1S/C53H74O7/c1-8-11-12-15-40-18-20-42(21-19-40)43-22-24-44(25-23-43)45-26-27-49(41(10-3)33-45)48-34-46(16-13-30-59-51(56)38(4)5)50(58-32-29-53(36-54,37-55)28-9-2)47(35-48)17-14-31-60-52(57)39(6)7/h22-27,33-35,40,42,54-55H,4,6,8-21,28-32,36-37H2,1-3,5,7H3/t40-,42-. The molecule has 0 atom stereocenters. The lowest BCUT2D eigenvalue weighted by molar-refractivity contribution is -0.139. The van der Waals surface area contributed by atoms with Gasteiger partial charge >= 0.3 is 11.9 Å². The summed E-state index contributed by atoms with van der Waals surface area (Å²) in [4.78, 5) is 24.4. The second-order valence-corrected chi connectivity index (χ2v) is 17.4. The van der Waals surface area contributed by atoms with Gasteiger partial charge in [-0.25, -0.2) is 9.59 Å². The molecule has 0 aromatic heterocycles. The minimum absolute atomic E-state index is 0.123. The van der Waals surface area contributed by atoms with E-state index in [1.165, 1.54) is 73.6 Å². The first kappa shape index (κ1) is 48.5. The third-order valence-electron chi connectivity index (χ3n) is 12.5. The number of benzene rings is 3. The summed E-state index contributed by atoms with van der Waals surface area (Å²) in [6.07, 6.45) is 15.9. The predicted molar refractivity (Wildman–Crippen MR) is 245 cm³/mol. The quantitative estimate of drug-likeness (QED) is 0.0472. The van der Waals surface area contributed by atoms with Crippen molar-refractivity contribution >= 4 is 11.9 Å². The Morgan fingerprint density at radius 2 is 1.23 bits per heavy atom. The lowest BCUT2D eigenvalue weighted by atomic mass is 9.77. The van der Waals surface area contributed by atoms with E-state index in [2.05, 4.69) is 81.6 Å². The molecular weight excluding hydrogens is 749 g/mol. The molecule has 0 heterocycles. The molecule has 1 aliphatic rings. The Morgan fingerprint density at radius 1 is 0.667 bits per heavy atom. The van der Waals surface area contributed by atoms with Gasteiger partial charge in [0.25, 0.3) is 0 Å². The summed E-state index contributed by atoms with van der Waals surface area (Å²) in [5.74, 6) is 1.49. The molecule has 2 N–H and O–H groups in total. The number of hydrogen-bond acceptors (Lipinski definition) is 7. The summed E-state index contributed by atoms with van der Waals surface area (Å²) in [5.41, 5.74) is 9.40. The van der Waals surface area contributed by atoms with Crippen molar-refractivity contribution < 1.29 is 34.0 Å². The topological polar surface area (TPSA) is 102 Å². The molecule has 0 saturated heterocycles. The number of carbonyl (C=O) groups excluding carboxylic acids is 2. The minimum Gasteiger partial charge on any atom is -0.493 e. The highest BCUT2D eigenvalue weighted by molar-refractivity contribution is 5.87. The normalized spacial score (nSPS) is 15.4. The molecule has 1 aliphatic carbocycles. The SMILES string of the molecule is C=C(C)C(=O)OCCCc1cc(-c2ccc(-c3ccc([C@H]4CC[C@H](CCCCC)CC4)cc3)cc2CC)cc(CCCOC(=O)C(=C)C)c1OCCC(CO)(CO)CCC. The van der Waals surface area contributed by atoms with E-state index in [0.29, 0.717) is 62.2 Å². The highest BCUT2D eigenvalue weighted by Gasteiger charge is 2.28. The van der Waals surface area contributed by atoms with Gasteiger partial charge in [-0.15, -0.1) is 0 Å². The van der Waals surface area contributed by atoms with Crippen LogP contribution in [0.25, 0.3) is 22.3 Å². The molecule has 0 amide bonds. The average Bonchev–Trinajstić information content (AvgIpc) is 3.26. The Balaban J connectivity index is 1.65. The lowest BCUT2D eigenvalue weighted by Crippen LogP contribution is -2.31. The van der Waals surface area contributed by atoms with Crippen molar-refractivity contribution in [2.75, 3.05) is 33.0 Å². The van der Waals surface area contributed by atoms with Crippen molar-refractivity contribution in [1.82, 2.24) is 0 Å². The minimum atomic E-state index is -0.631. The van der Waals surface area contributed by atoms with Crippen molar-refractivity contribution in [2.24, 2.45) is 11.3 Å². The number of ether oxygens (including phenoxy) is 3. The molecule has 3 aromatic carbocycles. The average molecular weight is 823 g/mol.